The molecule has 0 spiro atoms. The predicted molar refractivity (Wildman–Crippen MR) is 107 cm³/mol. The summed E-state index contributed by atoms with van der Waals surface area (Å²) in [6, 6.07) is 10.9. The number of anilines is 2. The molecule has 0 bridgehead atoms. The minimum atomic E-state index is -4.02. The highest BCUT2D eigenvalue weighted by Gasteiger charge is 2.21. The maximum absolute atomic E-state index is 13.7. The largest absolute Gasteiger partial charge is 0.489 e. The predicted octanol–water partition coefficient (Wildman–Crippen LogP) is 2.69. The quantitative estimate of drug-likeness (QED) is 0.589. The third-order valence-corrected chi connectivity index (χ3v) is 5.30. The molecule has 3 aromatic rings. The van der Waals surface area contributed by atoms with Crippen molar-refractivity contribution in [2.75, 3.05) is 24.3 Å². The summed E-state index contributed by atoms with van der Waals surface area (Å²) >= 11 is 0. The summed E-state index contributed by atoms with van der Waals surface area (Å²) in [5.41, 5.74) is 0.171. The first kappa shape index (κ1) is 21.0. The smallest absolute Gasteiger partial charge is 0.263 e. The third-order valence-electron chi connectivity index (χ3n) is 3.94. The van der Waals surface area contributed by atoms with Crippen molar-refractivity contribution in [1.29, 1.82) is 0 Å². The van der Waals surface area contributed by atoms with Gasteiger partial charge in [-0.3, -0.25) is 9.52 Å². The Bertz CT molecular complexity index is 1170. The normalized spacial score (nSPS) is 10.9. The van der Waals surface area contributed by atoms with E-state index in [9.17, 15) is 17.6 Å². The molecule has 0 aliphatic carbocycles. The van der Waals surface area contributed by atoms with Gasteiger partial charge in [0.2, 0.25) is 5.75 Å². The summed E-state index contributed by atoms with van der Waals surface area (Å²) in [5.74, 6) is -1.32. The molecule has 9 nitrogen and oxygen atoms in total. The molecule has 0 radical (unpaired) electrons. The second-order valence-corrected chi connectivity index (χ2v) is 7.51. The molecule has 156 valence electrons. The molecule has 1 amide bonds. The number of nitrogens with one attached hydrogen (secondary N) is 2. The number of methoxy groups -OCH3 is 2. The van der Waals surface area contributed by atoms with Crippen LogP contribution < -0.4 is 19.5 Å². The molecule has 0 aliphatic heterocycles. The van der Waals surface area contributed by atoms with E-state index in [1.165, 1.54) is 62.8 Å². The van der Waals surface area contributed by atoms with Crippen LogP contribution in [0.5, 0.6) is 11.6 Å². The van der Waals surface area contributed by atoms with Crippen molar-refractivity contribution in [2.24, 2.45) is 0 Å². The fourth-order valence-electron chi connectivity index (χ4n) is 2.51. The Morgan fingerprint density at radius 1 is 1.00 bits per heavy atom. The molecule has 0 atom stereocenters. The lowest BCUT2D eigenvalue weighted by Crippen LogP contribution is -2.16. The van der Waals surface area contributed by atoms with Gasteiger partial charge in [0.25, 0.3) is 21.8 Å². The molecule has 30 heavy (non-hydrogen) atoms. The molecule has 0 fully saturated rings. The van der Waals surface area contributed by atoms with Crippen LogP contribution in [0.15, 0.2) is 59.8 Å². The van der Waals surface area contributed by atoms with Crippen molar-refractivity contribution >= 4 is 27.4 Å². The number of amides is 1. The number of rotatable bonds is 7. The SMILES string of the molecule is COc1ncnc(NS(=O)(=O)c2ccc(NC(=O)c3ccccc3F)cc2)c1OC. The van der Waals surface area contributed by atoms with Crippen LogP contribution in [0.1, 0.15) is 10.4 Å². The van der Waals surface area contributed by atoms with E-state index < -0.39 is 21.7 Å². The summed E-state index contributed by atoms with van der Waals surface area (Å²) in [7, 11) is -1.34. The lowest BCUT2D eigenvalue weighted by atomic mass is 10.2. The molecule has 3 rings (SSSR count). The van der Waals surface area contributed by atoms with Crippen LogP contribution in [0.2, 0.25) is 0 Å². The van der Waals surface area contributed by atoms with Crippen LogP contribution in [0.25, 0.3) is 0 Å². The zero-order valence-electron chi connectivity index (χ0n) is 15.9. The van der Waals surface area contributed by atoms with Gasteiger partial charge in [-0.25, -0.2) is 17.8 Å². The first-order valence-corrected chi connectivity index (χ1v) is 9.95. The number of carbonyl (C=O) groups is 1. The van der Waals surface area contributed by atoms with E-state index in [0.717, 1.165) is 6.33 Å². The van der Waals surface area contributed by atoms with Crippen molar-refractivity contribution in [3.63, 3.8) is 0 Å². The Kier molecular flexibility index (Phi) is 6.11. The van der Waals surface area contributed by atoms with Crippen LogP contribution in [0, 0.1) is 5.82 Å². The fraction of sp³-hybridized carbons (Fsp3) is 0.105. The molecule has 0 unspecified atom stereocenters. The van der Waals surface area contributed by atoms with Crippen LogP contribution in [-0.2, 0) is 10.0 Å². The van der Waals surface area contributed by atoms with Gasteiger partial charge in [0, 0.05) is 5.69 Å². The van der Waals surface area contributed by atoms with E-state index >= 15 is 0 Å². The van der Waals surface area contributed by atoms with E-state index in [1.807, 2.05) is 0 Å². The first-order chi connectivity index (χ1) is 14.4. The van der Waals surface area contributed by atoms with Crippen LogP contribution in [0.4, 0.5) is 15.9 Å². The Hall–Kier alpha value is -3.73. The number of aromatic nitrogens is 2. The zero-order valence-corrected chi connectivity index (χ0v) is 16.7. The van der Waals surface area contributed by atoms with E-state index in [-0.39, 0.29) is 27.9 Å². The van der Waals surface area contributed by atoms with Crippen molar-refractivity contribution < 1.29 is 27.1 Å². The Morgan fingerprint density at radius 2 is 1.70 bits per heavy atom. The maximum atomic E-state index is 13.7. The number of hydrogen-bond donors (Lipinski definition) is 2. The average molecular weight is 432 g/mol. The molecule has 11 heteroatoms. The number of sulfonamides is 1. The van der Waals surface area contributed by atoms with Gasteiger partial charge >= 0.3 is 0 Å². The topological polar surface area (TPSA) is 120 Å². The summed E-state index contributed by atoms with van der Waals surface area (Å²) in [4.78, 5) is 19.8. The number of hydrogen-bond acceptors (Lipinski definition) is 7. The summed E-state index contributed by atoms with van der Waals surface area (Å²) in [5, 5.41) is 2.51. The number of carbonyl (C=O) groups excluding carboxylic acids is 1. The Morgan fingerprint density at radius 3 is 2.33 bits per heavy atom. The highest BCUT2D eigenvalue weighted by atomic mass is 32.2. The summed E-state index contributed by atoms with van der Waals surface area (Å²) in [6.07, 6.45) is 1.13. The molecule has 1 aromatic heterocycles. The van der Waals surface area contributed by atoms with E-state index in [0.29, 0.717) is 5.69 Å². The fourth-order valence-corrected chi connectivity index (χ4v) is 3.52. The van der Waals surface area contributed by atoms with Crippen molar-refractivity contribution in [3.05, 3.63) is 66.2 Å². The molecule has 2 aromatic carbocycles. The van der Waals surface area contributed by atoms with E-state index in [1.54, 1.807) is 0 Å². The average Bonchev–Trinajstić information content (AvgIpc) is 2.74. The highest BCUT2D eigenvalue weighted by molar-refractivity contribution is 7.92. The molecule has 0 aliphatic rings. The molecular weight excluding hydrogens is 415 g/mol. The number of halogens is 1. The second kappa shape index (κ2) is 8.74. The lowest BCUT2D eigenvalue weighted by Gasteiger charge is -2.13. The van der Waals surface area contributed by atoms with Gasteiger partial charge in [-0.2, -0.15) is 4.98 Å². The minimum absolute atomic E-state index is 0.0253. The number of benzene rings is 2. The maximum Gasteiger partial charge on any atom is 0.263 e. The Labute approximate surface area is 171 Å². The van der Waals surface area contributed by atoms with E-state index in [4.69, 9.17) is 9.47 Å². The number of ether oxygens (including phenoxy) is 2. The van der Waals surface area contributed by atoms with Crippen molar-refractivity contribution in [3.8, 4) is 11.6 Å². The summed E-state index contributed by atoms with van der Waals surface area (Å²) < 4.78 is 51.5. The van der Waals surface area contributed by atoms with Gasteiger partial charge in [-0.15, -0.1) is 0 Å². The third kappa shape index (κ3) is 4.46. The van der Waals surface area contributed by atoms with Gasteiger partial charge in [-0.05, 0) is 36.4 Å². The highest BCUT2D eigenvalue weighted by Crippen LogP contribution is 2.32. The Balaban J connectivity index is 1.79. The second-order valence-electron chi connectivity index (χ2n) is 5.83. The minimum Gasteiger partial charge on any atom is -0.489 e. The van der Waals surface area contributed by atoms with Gasteiger partial charge in [0.1, 0.15) is 12.1 Å². The van der Waals surface area contributed by atoms with Crippen molar-refractivity contribution in [1.82, 2.24) is 9.97 Å². The summed E-state index contributed by atoms with van der Waals surface area (Å²) in [6.45, 7) is 0. The van der Waals surface area contributed by atoms with Gasteiger partial charge < -0.3 is 14.8 Å². The first-order valence-electron chi connectivity index (χ1n) is 8.47. The lowest BCUT2D eigenvalue weighted by molar-refractivity contribution is 0.102. The molecular formula is C19H17FN4O5S. The van der Waals surface area contributed by atoms with Gasteiger partial charge in [0.15, 0.2) is 5.82 Å². The van der Waals surface area contributed by atoms with Crippen LogP contribution in [0.3, 0.4) is 0 Å². The van der Waals surface area contributed by atoms with Gasteiger partial charge in [0.05, 0.1) is 24.7 Å². The van der Waals surface area contributed by atoms with Crippen LogP contribution in [-0.4, -0.2) is 38.5 Å². The monoisotopic (exact) mass is 432 g/mol. The zero-order chi connectivity index (χ0) is 21.7. The number of nitrogens with zero attached hydrogens (tertiary/aromatic N) is 2. The standard InChI is InChI=1S/C19H17FN4O5S/c1-28-16-17(21-11-22-19(16)29-2)24-30(26,27)13-9-7-12(8-10-13)23-18(25)14-5-3-4-6-15(14)20/h3-11H,1-2H3,(H,23,25)(H,21,22,24). The van der Waals surface area contributed by atoms with Gasteiger partial charge in [-0.1, -0.05) is 12.1 Å². The molecule has 0 saturated heterocycles. The van der Waals surface area contributed by atoms with E-state index in [2.05, 4.69) is 20.0 Å². The molecule has 0 saturated carbocycles. The van der Waals surface area contributed by atoms with Crippen LogP contribution >= 0.6 is 0 Å². The molecule has 2 N–H and O–H groups in total. The van der Waals surface area contributed by atoms with Crippen molar-refractivity contribution in [2.45, 2.75) is 4.90 Å². The molecule has 1 heterocycles.